The van der Waals surface area contributed by atoms with Crippen molar-refractivity contribution in [3.05, 3.63) is 52.0 Å². The Kier molecular flexibility index (Phi) is 9.13. The first-order chi connectivity index (χ1) is 16.4. The molecule has 4 rings (SSSR count). The molecule has 0 bridgehead atoms. The SMILES string of the molecule is Cc1c(-c2noc(-c3ccc(OC(C)C)c(Cl)c3)n2)ccc2c1CCN(C(=O)CNCCO)C2.Cl. The fourth-order valence-electron chi connectivity index (χ4n) is 4.12. The molecule has 1 aliphatic rings. The van der Waals surface area contributed by atoms with Crippen LogP contribution in [0.4, 0.5) is 0 Å². The van der Waals surface area contributed by atoms with Crippen LogP contribution in [0.5, 0.6) is 5.75 Å². The molecule has 0 aliphatic carbocycles. The first kappa shape index (κ1) is 26.9. The number of carbonyl (C=O) groups is 1. The number of hydrogen-bond acceptors (Lipinski definition) is 7. The van der Waals surface area contributed by atoms with E-state index >= 15 is 0 Å². The van der Waals surface area contributed by atoms with Gasteiger partial charge in [0.05, 0.1) is 24.3 Å². The Labute approximate surface area is 216 Å². The molecule has 8 nitrogen and oxygen atoms in total. The summed E-state index contributed by atoms with van der Waals surface area (Å²) in [4.78, 5) is 18.9. The van der Waals surface area contributed by atoms with Gasteiger partial charge in [0.1, 0.15) is 5.75 Å². The molecule has 0 unspecified atom stereocenters. The third-order valence-electron chi connectivity index (χ3n) is 5.81. The zero-order valence-electron chi connectivity index (χ0n) is 20.0. The van der Waals surface area contributed by atoms with Gasteiger partial charge in [-0.05, 0) is 62.1 Å². The van der Waals surface area contributed by atoms with Gasteiger partial charge in [0.15, 0.2) is 0 Å². The van der Waals surface area contributed by atoms with Gasteiger partial charge in [0.25, 0.3) is 5.89 Å². The van der Waals surface area contributed by atoms with Gasteiger partial charge in [-0.3, -0.25) is 4.79 Å². The molecule has 3 aromatic rings. The van der Waals surface area contributed by atoms with E-state index in [1.807, 2.05) is 36.9 Å². The lowest BCUT2D eigenvalue weighted by atomic mass is 9.91. The van der Waals surface area contributed by atoms with Crippen LogP contribution in [-0.2, 0) is 17.8 Å². The van der Waals surface area contributed by atoms with Crippen LogP contribution in [0.15, 0.2) is 34.9 Å². The van der Waals surface area contributed by atoms with E-state index in [0.717, 1.165) is 28.7 Å². The molecule has 10 heteroatoms. The second-order valence-electron chi connectivity index (χ2n) is 8.58. The lowest BCUT2D eigenvalue weighted by molar-refractivity contribution is -0.131. The summed E-state index contributed by atoms with van der Waals surface area (Å²) in [5, 5.41) is 16.5. The van der Waals surface area contributed by atoms with Crippen molar-refractivity contribution < 1.29 is 19.2 Å². The number of ether oxygens (including phenoxy) is 1. The highest BCUT2D eigenvalue weighted by atomic mass is 35.5. The molecular formula is C25H30Cl2N4O4. The van der Waals surface area contributed by atoms with Crippen LogP contribution in [0.2, 0.25) is 5.02 Å². The van der Waals surface area contributed by atoms with Crippen molar-refractivity contribution in [3.63, 3.8) is 0 Å². The molecule has 0 saturated carbocycles. The Morgan fingerprint density at radius 2 is 2.11 bits per heavy atom. The maximum atomic E-state index is 12.4. The summed E-state index contributed by atoms with van der Waals surface area (Å²) in [7, 11) is 0. The standard InChI is InChI=1S/C25H29ClN4O4.ClH/c1-15(2)33-22-7-5-17(12-21(22)26)25-28-24(29-34-25)20-6-4-18-14-30(10-8-19(18)16(20)3)23(32)13-27-9-11-31;/h4-7,12,15,27,31H,8-11,13-14H2,1-3H3;1H. The fourth-order valence-corrected chi connectivity index (χ4v) is 4.34. The monoisotopic (exact) mass is 520 g/mol. The number of nitrogens with zero attached hydrogens (tertiary/aromatic N) is 3. The van der Waals surface area contributed by atoms with Gasteiger partial charge in [-0.1, -0.05) is 28.9 Å². The Morgan fingerprint density at radius 1 is 1.31 bits per heavy atom. The van der Waals surface area contributed by atoms with Gasteiger partial charge < -0.3 is 24.6 Å². The molecule has 1 aromatic heterocycles. The third kappa shape index (κ3) is 6.13. The van der Waals surface area contributed by atoms with E-state index in [1.54, 1.807) is 12.1 Å². The molecule has 2 heterocycles. The molecule has 188 valence electrons. The molecule has 1 amide bonds. The number of aliphatic hydroxyl groups is 1. The number of nitrogens with one attached hydrogen (secondary N) is 1. The summed E-state index contributed by atoms with van der Waals surface area (Å²) in [6.07, 6.45) is 0.789. The Bertz CT molecular complexity index is 1180. The maximum absolute atomic E-state index is 12.4. The number of benzene rings is 2. The van der Waals surface area contributed by atoms with Crippen molar-refractivity contribution in [1.82, 2.24) is 20.4 Å². The van der Waals surface area contributed by atoms with Gasteiger partial charge in [-0.2, -0.15) is 4.98 Å². The minimum Gasteiger partial charge on any atom is -0.489 e. The van der Waals surface area contributed by atoms with Crippen LogP contribution in [0.25, 0.3) is 22.8 Å². The number of amides is 1. The van der Waals surface area contributed by atoms with Gasteiger partial charge >= 0.3 is 0 Å². The molecule has 0 radical (unpaired) electrons. The third-order valence-corrected chi connectivity index (χ3v) is 6.11. The van der Waals surface area contributed by atoms with Crippen molar-refractivity contribution in [1.29, 1.82) is 0 Å². The second-order valence-corrected chi connectivity index (χ2v) is 8.98. The Balaban J connectivity index is 0.00000342. The smallest absolute Gasteiger partial charge is 0.258 e. The van der Waals surface area contributed by atoms with Crippen LogP contribution < -0.4 is 10.1 Å². The number of carbonyl (C=O) groups excluding carboxylic acids is 1. The molecule has 0 saturated heterocycles. The summed E-state index contributed by atoms with van der Waals surface area (Å²) >= 11 is 6.36. The Morgan fingerprint density at radius 3 is 2.83 bits per heavy atom. The van der Waals surface area contributed by atoms with Crippen molar-refractivity contribution in [2.45, 2.75) is 39.8 Å². The van der Waals surface area contributed by atoms with Crippen LogP contribution in [0.3, 0.4) is 0 Å². The van der Waals surface area contributed by atoms with Gasteiger partial charge in [0.2, 0.25) is 11.7 Å². The van der Waals surface area contributed by atoms with E-state index < -0.39 is 0 Å². The molecule has 2 aromatic carbocycles. The van der Waals surface area contributed by atoms with Crippen molar-refractivity contribution in [2.75, 3.05) is 26.2 Å². The minimum atomic E-state index is 0. The number of halogens is 2. The highest BCUT2D eigenvalue weighted by molar-refractivity contribution is 6.32. The largest absolute Gasteiger partial charge is 0.489 e. The van der Waals surface area contributed by atoms with Crippen LogP contribution in [0.1, 0.15) is 30.5 Å². The maximum Gasteiger partial charge on any atom is 0.258 e. The van der Waals surface area contributed by atoms with E-state index in [1.165, 1.54) is 5.56 Å². The van der Waals surface area contributed by atoms with Crippen molar-refractivity contribution in [2.24, 2.45) is 0 Å². The molecule has 2 N–H and O–H groups in total. The van der Waals surface area contributed by atoms with Gasteiger partial charge in [0, 0.05) is 30.8 Å². The topological polar surface area (TPSA) is 101 Å². The molecule has 0 spiro atoms. The fraction of sp³-hybridized carbons (Fsp3) is 0.400. The van der Waals surface area contributed by atoms with Gasteiger partial charge in [-0.15, -0.1) is 12.4 Å². The molecule has 0 fully saturated rings. The summed E-state index contributed by atoms with van der Waals surface area (Å²) in [5.41, 5.74) is 5.06. The number of aliphatic hydroxyl groups excluding tert-OH is 1. The number of aromatic nitrogens is 2. The Hall–Kier alpha value is -2.65. The summed E-state index contributed by atoms with van der Waals surface area (Å²) in [6, 6.07) is 9.42. The van der Waals surface area contributed by atoms with E-state index in [-0.39, 0.29) is 37.6 Å². The minimum absolute atomic E-state index is 0. The molecule has 0 atom stereocenters. The predicted octanol–water partition coefficient (Wildman–Crippen LogP) is 4.04. The lowest BCUT2D eigenvalue weighted by Crippen LogP contribution is -2.41. The van der Waals surface area contributed by atoms with Crippen molar-refractivity contribution >= 4 is 29.9 Å². The highest BCUT2D eigenvalue weighted by Crippen LogP contribution is 2.33. The van der Waals surface area contributed by atoms with E-state index in [4.69, 9.17) is 26.0 Å². The normalized spacial score (nSPS) is 12.9. The summed E-state index contributed by atoms with van der Waals surface area (Å²) < 4.78 is 11.2. The first-order valence-electron chi connectivity index (χ1n) is 11.4. The van der Waals surface area contributed by atoms with Crippen LogP contribution in [0, 0.1) is 6.92 Å². The van der Waals surface area contributed by atoms with E-state index in [9.17, 15) is 4.79 Å². The number of rotatable bonds is 8. The van der Waals surface area contributed by atoms with Crippen molar-refractivity contribution in [3.8, 4) is 28.6 Å². The number of fused-ring (bicyclic) bond motifs is 1. The first-order valence-corrected chi connectivity index (χ1v) is 11.8. The predicted molar refractivity (Wildman–Crippen MR) is 137 cm³/mol. The molecule has 1 aliphatic heterocycles. The average Bonchev–Trinajstić information content (AvgIpc) is 3.30. The zero-order chi connectivity index (χ0) is 24.2. The lowest BCUT2D eigenvalue weighted by Gasteiger charge is -2.30. The molecular weight excluding hydrogens is 491 g/mol. The zero-order valence-corrected chi connectivity index (χ0v) is 21.6. The number of hydrogen-bond donors (Lipinski definition) is 2. The second kappa shape index (κ2) is 11.9. The van der Waals surface area contributed by atoms with E-state index in [0.29, 0.717) is 42.1 Å². The van der Waals surface area contributed by atoms with E-state index in [2.05, 4.69) is 22.4 Å². The highest BCUT2D eigenvalue weighted by Gasteiger charge is 2.24. The average molecular weight is 521 g/mol. The van der Waals surface area contributed by atoms with Crippen LogP contribution in [-0.4, -0.2) is 58.4 Å². The summed E-state index contributed by atoms with van der Waals surface area (Å²) in [6.45, 7) is 7.82. The quantitative estimate of drug-likeness (QED) is 0.432. The van der Waals surface area contributed by atoms with Crippen LogP contribution >= 0.6 is 24.0 Å². The molecule has 35 heavy (non-hydrogen) atoms. The summed E-state index contributed by atoms with van der Waals surface area (Å²) in [5.74, 6) is 1.55. The van der Waals surface area contributed by atoms with Gasteiger partial charge in [-0.25, -0.2) is 0 Å².